The minimum absolute atomic E-state index is 0.00693. The van der Waals surface area contributed by atoms with Crippen LogP contribution in [0, 0.1) is 5.92 Å². The summed E-state index contributed by atoms with van der Waals surface area (Å²) in [7, 11) is 1.89. The lowest BCUT2D eigenvalue weighted by Gasteiger charge is -2.50. The van der Waals surface area contributed by atoms with E-state index < -0.39 is 0 Å². The predicted molar refractivity (Wildman–Crippen MR) is 102 cm³/mol. The Hall–Kier alpha value is -2.32. The first-order chi connectivity index (χ1) is 13.6. The second-order valence-electron chi connectivity index (χ2n) is 8.06. The van der Waals surface area contributed by atoms with Gasteiger partial charge in [0.15, 0.2) is 11.5 Å². The maximum atomic E-state index is 12.9. The van der Waals surface area contributed by atoms with Gasteiger partial charge in [0.25, 0.3) is 0 Å². The number of fused-ring (bicyclic) bond motifs is 4. The number of rotatable bonds is 2. The smallest absolute Gasteiger partial charge is 0.241 e. The van der Waals surface area contributed by atoms with E-state index in [1.165, 1.54) is 0 Å². The Balaban J connectivity index is 1.27. The Morgan fingerprint density at radius 2 is 1.96 bits per heavy atom. The third kappa shape index (κ3) is 2.91. The van der Waals surface area contributed by atoms with Crippen LogP contribution in [0.4, 0.5) is 5.69 Å². The molecular formula is C20H26N4O4. The number of hydrazine groups is 1. The van der Waals surface area contributed by atoms with Gasteiger partial charge in [-0.05, 0) is 37.8 Å². The van der Waals surface area contributed by atoms with Crippen LogP contribution in [-0.2, 0) is 9.59 Å². The molecule has 1 saturated carbocycles. The van der Waals surface area contributed by atoms with Crippen LogP contribution in [0.5, 0.6) is 11.5 Å². The number of nitrogens with one attached hydrogen (secondary N) is 2. The monoisotopic (exact) mass is 386 g/mol. The second kappa shape index (κ2) is 6.93. The van der Waals surface area contributed by atoms with Crippen LogP contribution in [0.3, 0.4) is 0 Å². The third-order valence-corrected chi connectivity index (χ3v) is 6.50. The fraction of sp³-hybridized carbons (Fsp3) is 0.600. The molecule has 8 nitrogen and oxygen atoms in total. The summed E-state index contributed by atoms with van der Waals surface area (Å²) < 4.78 is 11.1. The molecule has 2 N–H and O–H groups in total. The van der Waals surface area contributed by atoms with Crippen molar-refractivity contribution in [2.24, 2.45) is 5.92 Å². The molecule has 4 unspecified atom stereocenters. The van der Waals surface area contributed by atoms with Gasteiger partial charge in [0.05, 0.1) is 0 Å². The van der Waals surface area contributed by atoms with E-state index in [0.717, 1.165) is 25.8 Å². The van der Waals surface area contributed by atoms with Gasteiger partial charge in [0, 0.05) is 43.3 Å². The summed E-state index contributed by atoms with van der Waals surface area (Å²) in [5.41, 5.74) is 4.09. The van der Waals surface area contributed by atoms with E-state index in [-0.39, 0.29) is 35.9 Å². The zero-order valence-corrected chi connectivity index (χ0v) is 16.0. The Morgan fingerprint density at radius 1 is 1.14 bits per heavy atom. The van der Waals surface area contributed by atoms with Gasteiger partial charge in [-0.2, -0.15) is 0 Å². The third-order valence-electron chi connectivity index (χ3n) is 6.50. The quantitative estimate of drug-likeness (QED) is 0.789. The first kappa shape index (κ1) is 17.8. The molecule has 8 heteroatoms. The molecule has 0 radical (unpaired) electrons. The van der Waals surface area contributed by atoms with Crippen LogP contribution in [0.1, 0.15) is 25.7 Å². The molecule has 1 aromatic carbocycles. The Kier molecular flexibility index (Phi) is 4.40. The highest BCUT2D eigenvalue weighted by Crippen LogP contribution is 2.37. The molecule has 28 heavy (non-hydrogen) atoms. The molecule has 4 atom stereocenters. The van der Waals surface area contributed by atoms with Gasteiger partial charge in [0.1, 0.15) is 19.3 Å². The van der Waals surface area contributed by atoms with E-state index in [9.17, 15) is 9.59 Å². The number of anilines is 1. The van der Waals surface area contributed by atoms with Crippen molar-refractivity contribution in [1.82, 2.24) is 15.3 Å². The topological polar surface area (TPSA) is 83.1 Å². The summed E-state index contributed by atoms with van der Waals surface area (Å²) in [4.78, 5) is 27.5. The summed E-state index contributed by atoms with van der Waals surface area (Å²) in [6, 6.07) is 5.79. The van der Waals surface area contributed by atoms with Gasteiger partial charge in [-0.25, -0.2) is 5.01 Å². The van der Waals surface area contributed by atoms with Crippen molar-refractivity contribution in [1.29, 1.82) is 0 Å². The van der Waals surface area contributed by atoms with Crippen molar-refractivity contribution in [2.75, 3.05) is 32.1 Å². The Morgan fingerprint density at radius 3 is 2.82 bits per heavy atom. The number of nitrogens with zero attached hydrogens (tertiary/aromatic N) is 2. The number of piperazine rings is 1. The number of hydrogen-bond acceptors (Lipinski definition) is 6. The summed E-state index contributed by atoms with van der Waals surface area (Å²) in [6.07, 6.45) is 3.28. The first-order valence-electron chi connectivity index (χ1n) is 10.1. The number of benzene rings is 1. The number of amides is 2. The second-order valence-corrected chi connectivity index (χ2v) is 8.06. The standard InChI is InChI=1S/C20H26N4O4/c1-23-16-10-12(2-4-14(16)24-15(20(23)26)6-7-21-24)19(25)22-13-3-5-17-18(11-13)28-9-8-27-17/h3,5,11-12,14-16,21H,2,4,6-10H2,1H3,(H,22,25). The van der Waals surface area contributed by atoms with Gasteiger partial charge < -0.3 is 19.7 Å². The molecule has 3 fully saturated rings. The molecular weight excluding hydrogens is 360 g/mol. The molecule has 2 amide bonds. The van der Waals surface area contributed by atoms with Crippen LogP contribution in [0.25, 0.3) is 0 Å². The fourth-order valence-electron chi connectivity index (χ4n) is 5.04. The Bertz CT molecular complexity index is 800. The summed E-state index contributed by atoms with van der Waals surface area (Å²) in [5.74, 6) is 1.44. The fourth-order valence-corrected chi connectivity index (χ4v) is 5.04. The highest BCUT2D eigenvalue weighted by molar-refractivity contribution is 5.93. The van der Waals surface area contributed by atoms with Crippen molar-refractivity contribution < 1.29 is 19.1 Å². The number of hydrogen-bond donors (Lipinski definition) is 2. The number of carbonyl (C=O) groups is 2. The van der Waals surface area contributed by atoms with Crippen LogP contribution in [0.2, 0.25) is 0 Å². The average molecular weight is 386 g/mol. The predicted octanol–water partition coefficient (Wildman–Crippen LogP) is 0.985. The molecule has 0 bridgehead atoms. The summed E-state index contributed by atoms with van der Waals surface area (Å²) in [6.45, 7) is 1.91. The highest BCUT2D eigenvalue weighted by Gasteiger charge is 2.50. The molecule has 3 aliphatic heterocycles. The zero-order chi connectivity index (χ0) is 19.3. The molecule has 0 spiro atoms. The van der Waals surface area contributed by atoms with Crippen LogP contribution >= 0.6 is 0 Å². The van der Waals surface area contributed by atoms with E-state index in [1.54, 1.807) is 0 Å². The molecule has 1 aliphatic carbocycles. The lowest BCUT2D eigenvalue weighted by molar-refractivity contribution is -0.153. The average Bonchev–Trinajstić information content (AvgIpc) is 3.22. The maximum Gasteiger partial charge on any atom is 0.241 e. The highest BCUT2D eigenvalue weighted by atomic mass is 16.6. The SMILES string of the molecule is CN1C(=O)C2CCNN2C2CCC(C(=O)Nc3ccc4c(c3)OCCO4)CC21. The van der Waals surface area contributed by atoms with E-state index in [2.05, 4.69) is 15.8 Å². The van der Waals surface area contributed by atoms with Crippen molar-refractivity contribution in [3.63, 3.8) is 0 Å². The molecule has 4 aliphatic rings. The lowest BCUT2D eigenvalue weighted by Crippen LogP contribution is -2.67. The molecule has 2 saturated heterocycles. The molecule has 150 valence electrons. The van der Waals surface area contributed by atoms with Crippen molar-refractivity contribution >= 4 is 17.5 Å². The Labute approximate surface area is 164 Å². The van der Waals surface area contributed by atoms with Gasteiger partial charge in [-0.3, -0.25) is 15.0 Å². The molecule has 3 heterocycles. The van der Waals surface area contributed by atoms with Crippen LogP contribution < -0.4 is 20.2 Å². The summed E-state index contributed by atoms with van der Waals surface area (Å²) in [5, 5.41) is 5.18. The summed E-state index contributed by atoms with van der Waals surface area (Å²) >= 11 is 0. The van der Waals surface area contributed by atoms with Crippen LogP contribution in [-0.4, -0.2) is 66.7 Å². The molecule has 1 aromatic rings. The minimum Gasteiger partial charge on any atom is -0.486 e. The largest absolute Gasteiger partial charge is 0.486 e. The lowest BCUT2D eigenvalue weighted by atomic mass is 9.79. The van der Waals surface area contributed by atoms with Gasteiger partial charge in [-0.15, -0.1) is 0 Å². The van der Waals surface area contributed by atoms with Crippen molar-refractivity contribution in [2.45, 2.75) is 43.8 Å². The zero-order valence-electron chi connectivity index (χ0n) is 16.0. The number of likely N-dealkylation sites (N-methyl/N-ethyl adjacent to an activating group) is 1. The van der Waals surface area contributed by atoms with Crippen molar-refractivity contribution in [3.8, 4) is 11.5 Å². The normalized spacial score (nSPS) is 31.9. The number of carbonyl (C=O) groups excluding carboxylic acids is 2. The van der Waals surface area contributed by atoms with Crippen molar-refractivity contribution in [3.05, 3.63) is 18.2 Å². The van der Waals surface area contributed by atoms with Gasteiger partial charge in [-0.1, -0.05) is 0 Å². The van der Waals surface area contributed by atoms with Gasteiger partial charge in [0.2, 0.25) is 11.8 Å². The van der Waals surface area contributed by atoms with E-state index in [1.807, 2.05) is 30.1 Å². The van der Waals surface area contributed by atoms with E-state index >= 15 is 0 Å². The van der Waals surface area contributed by atoms with E-state index in [4.69, 9.17) is 9.47 Å². The number of ether oxygens (including phenoxy) is 2. The maximum absolute atomic E-state index is 12.9. The van der Waals surface area contributed by atoms with Crippen LogP contribution in [0.15, 0.2) is 18.2 Å². The first-order valence-corrected chi connectivity index (χ1v) is 10.1. The van der Waals surface area contributed by atoms with Gasteiger partial charge >= 0.3 is 0 Å². The minimum atomic E-state index is -0.108. The molecule has 0 aromatic heterocycles. The molecule has 5 rings (SSSR count). The van der Waals surface area contributed by atoms with E-state index in [0.29, 0.717) is 36.8 Å².